The van der Waals surface area contributed by atoms with E-state index in [0.717, 1.165) is 11.8 Å². The molecule has 1 atom stereocenters. The van der Waals surface area contributed by atoms with Crippen LogP contribution in [0.15, 0.2) is 58.2 Å². The van der Waals surface area contributed by atoms with Gasteiger partial charge in [0.25, 0.3) is 11.1 Å². The highest BCUT2D eigenvalue weighted by molar-refractivity contribution is 7.99. The quantitative estimate of drug-likeness (QED) is 0.524. The van der Waals surface area contributed by atoms with Crippen molar-refractivity contribution in [1.82, 2.24) is 4.98 Å². The van der Waals surface area contributed by atoms with E-state index < -0.39 is 23.8 Å². The van der Waals surface area contributed by atoms with Crippen LogP contribution in [0.3, 0.4) is 0 Å². The molecule has 134 valence electrons. The molecule has 1 amide bonds. The number of nitrogens with one attached hydrogen (secondary N) is 1. The fourth-order valence-electron chi connectivity index (χ4n) is 2.12. The lowest BCUT2D eigenvalue weighted by Crippen LogP contribution is -2.30. The first kappa shape index (κ1) is 17.9. The lowest BCUT2D eigenvalue weighted by atomic mass is 10.3. The van der Waals surface area contributed by atoms with Gasteiger partial charge in [-0.25, -0.2) is 9.37 Å². The van der Waals surface area contributed by atoms with E-state index in [1.165, 1.54) is 25.1 Å². The van der Waals surface area contributed by atoms with Crippen molar-refractivity contribution < 1.29 is 23.1 Å². The first-order valence-electron chi connectivity index (χ1n) is 7.76. The van der Waals surface area contributed by atoms with Crippen molar-refractivity contribution in [3.05, 3.63) is 54.3 Å². The fraction of sp³-hybridized carbons (Fsp3) is 0.167. The van der Waals surface area contributed by atoms with Crippen LogP contribution in [0.25, 0.3) is 11.1 Å². The van der Waals surface area contributed by atoms with Crippen LogP contribution in [-0.4, -0.2) is 28.7 Å². The number of benzene rings is 2. The summed E-state index contributed by atoms with van der Waals surface area (Å²) in [6, 6.07) is 13.0. The second-order valence-electron chi connectivity index (χ2n) is 5.34. The number of hydrogen-bond donors (Lipinski definition) is 1. The first-order chi connectivity index (χ1) is 12.5. The Kier molecular flexibility index (Phi) is 5.52. The molecule has 0 aliphatic carbocycles. The summed E-state index contributed by atoms with van der Waals surface area (Å²) in [5.74, 6) is -1.85. The Hall–Kier alpha value is -2.87. The van der Waals surface area contributed by atoms with Crippen LogP contribution in [0, 0.1) is 5.82 Å². The van der Waals surface area contributed by atoms with E-state index in [-0.39, 0.29) is 11.4 Å². The van der Waals surface area contributed by atoms with Gasteiger partial charge in [0, 0.05) is 0 Å². The molecule has 6 nitrogen and oxygen atoms in total. The summed E-state index contributed by atoms with van der Waals surface area (Å²) in [7, 11) is 0. The van der Waals surface area contributed by atoms with Crippen LogP contribution in [0.1, 0.15) is 6.92 Å². The number of oxazole rings is 1. The largest absolute Gasteiger partial charge is 0.452 e. The number of halogens is 1. The number of anilines is 1. The van der Waals surface area contributed by atoms with Crippen LogP contribution in [0.5, 0.6) is 0 Å². The van der Waals surface area contributed by atoms with E-state index >= 15 is 0 Å². The SMILES string of the molecule is C[C@H](OC(=O)CSc1nc2ccccc2o1)C(=O)Nc1ccccc1F. The third-order valence-electron chi connectivity index (χ3n) is 3.40. The minimum atomic E-state index is -1.06. The number of amides is 1. The highest BCUT2D eigenvalue weighted by atomic mass is 32.2. The molecule has 0 spiro atoms. The molecule has 2 aromatic carbocycles. The molecule has 0 aliphatic rings. The molecule has 0 fully saturated rings. The fourth-order valence-corrected chi connectivity index (χ4v) is 2.74. The number of carbonyl (C=O) groups excluding carboxylic acids is 2. The standard InChI is InChI=1S/C18H15FN2O4S/c1-11(17(23)20-13-7-3-2-6-12(13)19)24-16(22)10-26-18-21-14-8-4-5-9-15(14)25-18/h2-9,11H,10H2,1H3,(H,20,23)/t11-/m0/s1. The van der Waals surface area contributed by atoms with E-state index in [4.69, 9.17) is 9.15 Å². The van der Waals surface area contributed by atoms with Crippen molar-refractivity contribution >= 4 is 40.4 Å². The van der Waals surface area contributed by atoms with Crippen LogP contribution >= 0.6 is 11.8 Å². The number of fused-ring (bicyclic) bond motifs is 1. The predicted molar refractivity (Wildman–Crippen MR) is 95.3 cm³/mol. The molecule has 3 rings (SSSR count). The average molecular weight is 374 g/mol. The number of nitrogens with zero attached hydrogens (tertiary/aromatic N) is 1. The van der Waals surface area contributed by atoms with Crippen molar-refractivity contribution in [1.29, 1.82) is 0 Å². The number of hydrogen-bond acceptors (Lipinski definition) is 6. The summed E-state index contributed by atoms with van der Waals surface area (Å²) in [6.45, 7) is 1.41. The highest BCUT2D eigenvalue weighted by Crippen LogP contribution is 2.23. The number of thioether (sulfide) groups is 1. The third kappa shape index (κ3) is 4.40. The summed E-state index contributed by atoms with van der Waals surface area (Å²) in [4.78, 5) is 28.1. The molecule has 26 heavy (non-hydrogen) atoms. The lowest BCUT2D eigenvalue weighted by Gasteiger charge is -2.13. The summed E-state index contributed by atoms with van der Waals surface area (Å²) < 4.78 is 24.1. The maximum Gasteiger partial charge on any atom is 0.317 e. The van der Waals surface area contributed by atoms with Gasteiger partial charge in [-0.2, -0.15) is 0 Å². The zero-order chi connectivity index (χ0) is 18.5. The normalized spacial score (nSPS) is 11.9. The number of para-hydroxylation sites is 3. The second-order valence-corrected chi connectivity index (χ2v) is 6.26. The highest BCUT2D eigenvalue weighted by Gasteiger charge is 2.19. The first-order valence-corrected chi connectivity index (χ1v) is 8.75. The second kappa shape index (κ2) is 8.01. The summed E-state index contributed by atoms with van der Waals surface area (Å²) in [5, 5.41) is 2.72. The number of rotatable bonds is 6. The van der Waals surface area contributed by atoms with Gasteiger partial charge >= 0.3 is 5.97 Å². The summed E-state index contributed by atoms with van der Waals surface area (Å²) >= 11 is 1.07. The summed E-state index contributed by atoms with van der Waals surface area (Å²) in [5.41, 5.74) is 1.35. The van der Waals surface area contributed by atoms with Crippen molar-refractivity contribution in [3.63, 3.8) is 0 Å². The topological polar surface area (TPSA) is 81.4 Å². The Morgan fingerprint density at radius 2 is 1.96 bits per heavy atom. The van der Waals surface area contributed by atoms with E-state index in [2.05, 4.69) is 10.3 Å². The van der Waals surface area contributed by atoms with E-state index in [0.29, 0.717) is 16.3 Å². The van der Waals surface area contributed by atoms with Gasteiger partial charge in [-0.1, -0.05) is 36.0 Å². The maximum absolute atomic E-state index is 13.5. The number of aromatic nitrogens is 1. The van der Waals surface area contributed by atoms with Gasteiger partial charge in [-0.15, -0.1) is 0 Å². The van der Waals surface area contributed by atoms with Crippen molar-refractivity contribution in [2.75, 3.05) is 11.1 Å². The maximum atomic E-state index is 13.5. The number of ether oxygens (including phenoxy) is 1. The van der Waals surface area contributed by atoms with Gasteiger partial charge in [0.05, 0.1) is 5.69 Å². The van der Waals surface area contributed by atoms with Crippen molar-refractivity contribution in [2.24, 2.45) is 0 Å². The van der Waals surface area contributed by atoms with Gasteiger partial charge in [0.1, 0.15) is 17.1 Å². The molecule has 1 heterocycles. The van der Waals surface area contributed by atoms with Gasteiger partial charge < -0.3 is 14.5 Å². The molecule has 1 N–H and O–H groups in total. The molecule has 0 aliphatic heterocycles. The summed E-state index contributed by atoms with van der Waals surface area (Å²) in [6.07, 6.45) is -1.06. The Labute approximate surface area is 152 Å². The average Bonchev–Trinajstić information content (AvgIpc) is 3.05. The Bertz CT molecular complexity index is 911. The molecule has 0 bridgehead atoms. The van der Waals surface area contributed by atoms with Gasteiger partial charge in [0.15, 0.2) is 11.7 Å². The zero-order valence-electron chi connectivity index (χ0n) is 13.8. The smallest absolute Gasteiger partial charge is 0.317 e. The molecule has 0 saturated carbocycles. The molecular weight excluding hydrogens is 359 g/mol. The Morgan fingerprint density at radius 3 is 2.73 bits per heavy atom. The van der Waals surface area contributed by atoms with Gasteiger partial charge in [-0.05, 0) is 31.2 Å². The van der Waals surface area contributed by atoms with E-state index in [1.807, 2.05) is 12.1 Å². The molecule has 0 saturated heterocycles. The van der Waals surface area contributed by atoms with Crippen molar-refractivity contribution in [2.45, 2.75) is 18.3 Å². The molecule has 0 unspecified atom stereocenters. The number of esters is 1. The minimum Gasteiger partial charge on any atom is -0.452 e. The third-order valence-corrected chi connectivity index (χ3v) is 4.20. The molecule has 1 aromatic heterocycles. The molecular formula is C18H15FN2O4S. The zero-order valence-corrected chi connectivity index (χ0v) is 14.6. The van der Waals surface area contributed by atoms with Gasteiger partial charge in [-0.3, -0.25) is 9.59 Å². The molecule has 8 heteroatoms. The van der Waals surface area contributed by atoms with Crippen LogP contribution in [0.2, 0.25) is 0 Å². The van der Waals surface area contributed by atoms with Crippen LogP contribution in [-0.2, 0) is 14.3 Å². The van der Waals surface area contributed by atoms with Crippen molar-refractivity contribution in [3.8, 4) is 0 Å². The Balaban J connectivity index is 1.50. The minimum absolute atomic E-state index is 0.0289. The molecule has 3 aromatic rings. The van der Waals surface area contributed by atoms with Crippen LogP contribution in [0.4, 0.5) is 10.1 Å². The van der Waals surface area contributed by atoms with E-state index in [1.54, 1.807) is 18.2 Å². The molecule has 0 radical (unpaired) electrons. The van der Waals surface area contributed by atoms with Crippen LogP contribution < -0.4 is 5.32 Å². The van der Waals surface area contributed by atoms with E-state index in [9.17, 15) is 14.0 Å². The predicted octanol–water partition coefficient (Wildman–Crippen LogP) is 3.63. The Morgan fingerprint density at radius 1 is 1.23 bits per heavy atom. The lowest BCUT2D eigenvalue weighted by molar-refractivity contribution is -0.150. The monoisotopic (exact) mass is 374 g/mol. The number of carbonyl (C=O) groups is 2. The van der Waals surface area contributed by atoms with Gasteiger partial charge in [0.2, 0.25) is 0 Å².